The van der Waals surface area contributed by atoms with Crippen LogP contribution in [0.1, 0.15) is 58.4 Å². The van der Waals surface area contributed by atoms with Crippen LogP contribution in [0.5, 0.6) is 0 Å². The fraction of sp³-hybridized carbons (Fsp3) is 0.500. The number of nitrogens with zero attached hydrogens (tertiary/aromatic N) is 3. The standard InChI is InChI=1S/C24H32F2N4O2/c1-4-18(15-22(29-27-5-2)24-20(25)10-8-11-21(24)26)9-6-7-12-23(32)30-14-13-19(16-30)28-17(3)31/h4,8,10-11,15,19H,5-7,9,12-14,16H2,1-3H3,(H,28,31)/b18-4-,22-15-,29-27?/t19-/m0/s1. The molecule has 174 valence electrons. The largest absolute Gasteiger partial charge is 0.352 e. The number of halogens is 2. The van der Waals surface area contributed by atoms with Crippen molar-refractivity contribution < 1.29 is 18.4 Å². The molecule has 2 rings (SSSR count). The lowest BCUT2D eigenvalue weighted by molar-refractivity contribution is -0.130. The molecule has 1 aromatic carbocycles. The van der Waals surface area contributed by atoms with Crippen LogP contribution in [0.2, 0.25) is 0 Å². The minimum Gasteiger partial charge on any atom is -0.352 e. The van der Waals surface area contributed by atoms with Gasteiger partial charge in [-0.25, -0.2) is 8.78 Å². The lowest BCUT2D eigenvalue weighted by atomic mass is 10.0. The van der Waals surface area contributed by atoms with Crippen molar-refractivity contribution in [2.45, 2.75) is 58.9 Å². The second-order valence-corrected chi connectivity index (χ2v) is 7.78. The lowest BCUT2D eigenvalue weighted by Crippen LogP contribution is -2.37. The van der Waals surface area contributed by atoms with E-state index < -0.39 is 11.6 Å². The highest BCUT2D eigenvalue weighted by atomic mass is 19.1. The fourth-order valence-electron chi connectivity index (χ4n) is 3.67. The molecule has 0 aliphatic carbocycles. The average molecular weight is 447 g/mol. The van der Waals surface area contributed by atoms with Crippen molar-refractivity contribution in [3.05, 3.63) is 53.1 Å². The second kappa shape index (κ2) is 12.8. The number of rotatable bonds is 10. The van der Waals surface area contributed by atoms with E-state index in [2.05, 4.69) is 15.5 Å². The summed E-state index contributed by atoms with van der Waals surface area (Å²) in [7, 11) is 0. The zero-order valence-corrected chi connectivity index (χ0v) is 19.0. The Morgan fingerprint density at radius 2 is 1.91 bits per heavy atom. The fourth-order valence-corrected chi connectivity index (χ4v) is 3.67. The van der Waals surface area contributed by atoms with Gasteiger partial charge in [0.05, 0.1) is 17.8 Å². The van der Waals surface area contributed by atoms with E-state index in [9.17, 15) is 18.4 Å². The molecular formula is C24H32F2N4O2. The van der Waals surface area contributed by atoms with E-state index in [1.165, 1.54) is 25.1 Å². The van der Waals surface area contributed by atoms with Crippen LogP contribution >= 0.6 is 0 Å². The molecule has 2 amide bonds. The molecule has 0 spiro atoms. The Hall–Kier alpha value is -2.90. The van der Waals surface area contributed by atoms with Gasteiger partial charge < -0.3 is 10.2 Å². The number of benzene rings is 1. The van der Waals surface area contributed by atoms with Crippen LogP contribution < -0.4 is 5.32 Å². The molecule has 6 nitrogen and oxygen atoms in total. The highest BCUT2D eigenvalue weighted by Gasteiger charge is 2.26. The van der Waals surface area contributed by atoms with Crippen molar-refractivity contribution in [3.63, 3.8) is 0 Å². The Bertz CT molecular complexity index is 876. The van der Waals surface area contributed by atoms with Gasteiger partial charge in [-0.05, 0) is 57.7 Å². The molecule has 1 atom stereocenters. The number of azo groups is 1. The molecule has 1 N–H and O–H groups in total. The summed E-state index contributed by atoms with van der Waals surface area (Å²) in [6.45, 7) is 6.75. The van der Waals surface area contributed by atoms with Gasteiger partial charge in [-0.3, -0.25) is 9.59 Å². The Morgan fingerprint density at radius 1 is 1.22 bits per heavy atom. The van der Waals surface area contributed by atoms with E-state index in [0.717, 1.165) is 18.4 Å². The lowest BCUT2D eigenvalue weighted by Gasteiger charge is -2.16. The summed E-state index contributed by atoms with van der Waals surface area (Å²) < 4.78 is 28.5. The Morgan fingerprint density at radius 3 is 2.53 bits per heavy atom. The van der Waals surface area contributed by atoms with Crippen LogP contribution in [0.4, 0.5) is 8.78 Å². The third-order valence-electron chi connectivity index (χ3n) is 5.29. The maximum Gasteiger partial charge on any atom is 0.222 e. The van der Waals surface area contributed by atoms with Crippen LogP contribution in [0.25, 0.3) is 5.70 Å². The Labute approximate surface area is 188 Å². The number of carbonyl (C=O) groups is 2. The summed E-state index contributed by atoms with van der Waals surface area (Å²) in [6.07, 6.45) is 6.84. The number of unbranched alkanes of at least 4 members (excludes halogenated alkanes) is 1. The number of likely N-dealkylation sites (tertiary alicyclic amines) is 1. The van der Waals surface area contributed by atoms with Gasteiger partial charge in [0.25, 0.3) is 0 Å². The van der Waals surface area contributed by atoms with Gasteiger partial charge in [-0.1, -0.05) is 17.7 Å². The topological polar surface area (TPSA) is 74.1 Å². The highest BCUT2D eigenvalue weighted by molar-refractivity contribution is 5.77. The molecule has 32 heavy (non-hydrogen) atoms. The summed E-state index contributed by atoms with van der Waals surface area (Å²) in [6, 6.07) is 3.74. The van der Waals surface area contributed by atoms with Crippen LogP contribution in [0, 0.1) is 11.6 Å². The van der Waals surface area contributed by atoms with Crippen molar-refractivity contribution in [1.82, 2.24) is 10.2 Å². The summed E-state index contributed by atoms with van der Waals surface area (Å²) >= 11 is 0. The average Bonchev–Trinajstić information content (AvgIpc) is 3.21. The molecule has 1 aromatic rings. The smallest absolute Gasteiger partial charge is 0.222 e. The predicted octanol–water partition coefficient (Wildman–Crippen LogP) is 5.02. The maximum atomic E-state index is 14.3. The van der Waals surface area contributed by atoms with E-state index in [-0.39, 0.29) is 29.1 Å². The molecule has 0 unspecified atom stereocenters. The minimum atomic E-state index is -0.685. The van der Waals surface area contributed by atoms with Gasteiger partial charge in [-0.15, -0.1) is 0 Å². The van der Waals surface area contributed by atoms with Gasteiger partial charge in [0, 0.05) is 32.5 Å². The van der Waals surface area contributed by atoms with Crippen LogP contribution in [-0.4, -0.2) is 42.4 Å². The van der Waals surface area contributed by atoms with Gasteiger partial charge in [0.2, 0.25) is 11.8 Å². The number of nitrogens with one attached hydrogen (secondary N) is 1. The molecule has 1 aliphatic heterocycles. The normalized spacial score (nSPS) is 17.3. The first-order valence-electron chi connectivity index (χ1n) is 11.1. The van der Waals surface area contributed by atoms with Gasteiger partial charge in [0.15, 0.2) is 0 Å². The molecule has 8 heteroatoms. The van der Waals surface area contributed by atoms with E-state index in [1.54, 1.807) is 17.9 Å². The summed E-state index contributed by atoms with van der Waals surface area (Å²) in [5, 5.41) is 10.8. The van der Waals surface area contributed by atoms with Gasteiger partial charge in [0.1, 0.15) is 11.6 Å². The van der Waals surface area contributed by atoms with E-state index in [1.807, 2.05) is 13.0 Å². The first-order valence-corrected chi connectivity index (χ1v) is 11.1. The van der Waals surface area contributed by atoms with Crippen molar-refractivity contribution in [3.8, 4) is 0 Å². The number of carbonyl (C=O) groups excluding carboxylic acids is 2. The summed E-state index contributed by atoms with van der Waals surface area (Å²) in [5.74, 6) is -1.36. The van der Waals surface area contributed by atoms with Crippen molar-refractivity contribution in [2.24, 2.45) is 10.2 Å². The van der Waals surface area contributed by atoms with Crippen molar-refractivity contribution >= 4 is 17.5 Å². The maximum absolute atomic E-state index is 14.3. The summed E-state index contributed by atoms with van der Waals surface area (Å²) in [4.78, 5) is 25.4. The number of allylic oxidation sites excluding steroid dienone is 3. The molecular weight excluding hydrogens is 414 g/mol. The molecule has 0 bridgehead atoms. The highest BCUT2D eigenvalue weighted by Crippen LogP contribution is 2.26. The molecule has 0 aromatic heterocycles. The first-order chi connectivity index (χ1) is 15.3. The van der Waals surface area contributed by atoms with E-state index in [4.69, 9.17) is 0 Å². The SMILES string of the molecule is C/C=C(\C=C(/N=NCC)c1c(F)cccc1F)CCCCC(=O)N1CC[C@H](NC(C)=O)C1. The van der Waals surface area contributed by atoms with E-state index >= 15 is 0 Å². The van der Waals surface area contributed by atoms with Crippen LogP contribution in [0.3, 0.4) is 0 Å². The predicted molar refractivity (Wildman–Crippen MR) is 121 cm³/mol. The third kappa shape index (κ3) is 7.66. The molecule has 0 radical (unpaired) electrons. The molecule has 1 fully saturated rings. The van der Waals surface area contributed by atoms with Crippen molar-refractivity contribution in [2.75, 3.05) is 19.6 Å². The number of amides is 2. The first kappa shape index (κ1) is 25.4. The Balaban J connectivity index is 1.93. The van der Waals surface area contributed by atoms with Crippen LogP contribution in [0.15, 0.2) is 46.2 Å². The molecule has 1 saturated heterocycles. The molecule has 1 aliphatic rings. The van der Waals surface area contributed by atoms with Crippen molar-refractivity contribution in [1.29, 1.82) is 0 Å². The Kier molecular flexibility index (Phi) is 10.2. The van der Waals surface area contributed by atoms with E-state index in [0.29, 0.717) is 38.9 Å². The monoisotopic (exact) mass is 446 g/mol. The minimum absolute atomic E-state index is 0.0331. The number of hydrogen-bond acceptors (Lipinski definition) is 4. The molecule has 0 saturated carbocycles. The van der Waals surface area contributed by atoms with Gasteiger partial charge >= 0.3 is 0 Å². The van der Waals surface area contributed by atoms with Crippen LogP contribution in [-0.2, 0) is 9.59 Å². The second-order valence-electron chi connectivity index (χ2n) is 7.78. The van der Waals surface area contributed by atoms with Gasteiger partial charge in [-0.2, -0.15) is 10.2 Å². The number of hydrogen-bond donors (Lipinski definition) is 1. The zero-order chi connectivity index (χ0) is 23.5. The third-order valence-corrected chi connectivity index (χ3v) is 5.29. The summed E-state index contributed by atoms with van der Waals surface area (Å²) in [5.41, 5.74) is 0.826. The quantitative estimate of drug-likeness (QED) is 0.311. The zero-order valence-electron chi connectivity index (χ0n) is 19.0. The molecule has 1 heterocycles.